The molecule has 3 aliphatic rings. The lowest BCUT2D eigenvalue weighted by Gasteiger charge is -2.38. The smallest absolute Gasteiger partial charge is 0.411 e. The van der Waals surface area contributed by atoms with Gasteiger partial charge in [-0.15, -0.1) is 0 Å². The van der Waals surface area contributed by atoms with E-state index < -0.39 is 17.7 Å². The first kappa shape index (κ1) is 43.3. The molecular weight excluding hydrogens is 735 g/mol. The Morgan fingerprint density at radius 3 is 1.63 bits per heavy atom. The van der Waals surface area contributed by atoms with Gasteiger partial charge < -0.3 is 25.9 Å². The quantitative estimate of drug-likeness (QED) is 0.137. The number of hydrogen-bond donors (Lipinski definition) is 3. The molecular formula is C49H61N7O3. The molecule has 5 aromatic rings. The minimum atomic E-state index is -0.554. The molecule has 10 nitrogen and oxygen atoms in total. The van der Waals surface area contributed by atoms with Gasteiger partial charge in [0.25, 0.3) is 0 Å². The van der Waals surface area contributed by atoms with E-state index in [4.69, 9.17) is 10.5 Å². The maximum Gasteiger partial charge on any atom is 0.411 e. The van der Waals surface area contributed by atoms with Crippen molar-refractivity contribution >= 4 is 12.4 Å². The number of aldehydes is 1. The van der Waals surface area contributed by atoms with Gasteiger partial charge in [0.1, 0.15) is 11.9 Å². The highest BCUT2D eigenvalue weighted by Crippen LogP contribution is 2.26. The third-order valence-electron chi connectivity index (χ3n) is 11.1. The molecule has 4 N–H and O–H groups in total. The Bertz CT molecular complexity index is 2030. The molecule has 3 aliphatic heterocycles. The highest BCUT2D eigenvalue weighted by Gasteiger charge is 2.33. The predicted octanol–water partition coefficient (Wildman–Crippen LogP) is 7.52. The van der Waals surface area contributed by atoms with Gasteiger partial charge >= 0.3 is 6.09 Å². The molecule has 0 saturated heterocycles. The van der Waals surface area contributed by atoms with Crippen LogP contribution in [-0.2, 0) is 48.4 Å². The van der Waals surface area contributed by atoms with Gasteiger partial charge in [-0.2, -0.15) is 0 Å². The fourth-order valence-electron chi connectivity index (χ4n) is 7.90. The van der Waals surface area contributed by atoms with Gasteiger partial charge in [-0.05, 0) is 105 Å². The molecule has 1 amide bonds. The molecule has 0 radical (unpaired) electrons. The second-order valence-corrected chi connectivity index (χ2v) is 16.8. The van der Waals surface area contributed by atoms with E-state index in [0.29, 0.717) is 25.0 Å². The number of pyridine rings is 2. The van der Waals surface area contributed by atoms with Gasteiger partial charge in [0.15, 0.2) is 0 Å². The van der Waals surface area contributed by atoms with E-state index in [1.165, 1.54) is 27.2 Å². The molecule has 0 saturated carbocycles. The summed E-state index contributed by atoms with van der Waals surface area (Å²) in [4.78, 5) is 36.2. The van der Waals surface area contributed by atoms with Crippen LogP contribution in [0, 0.1) is 0 Å². The van der Waals surface area contributed by atoms with Crippen LogP contribution in [0.3, 0.4) is 0 Å². The largest absolute Gasteiger partial charge is 0.444 e. The number of nitrogens with two attached hydrogens (primary N) is 1. The normalized spacial score (nSPS) is 19.2. The minimum Gasteiger partial charge on any atom is -0.444 e. The molecule has 3 aromatic carbocycles. The van der Waals surface area contributed by atoms with E-state index in [0.717, 1.165) is 67.8 Å². The first-order valence-electron chi connectivity index (χ1n) is 20.9. The second-order valence-electron chi connectivity index (χ2n) is 16.8. The summed E-state index contributed by atoms with van der Waals surface area (Å²) in [7, 11) is 0. The van der Waals surface area contributed by atoms with Crippen molar-refractivity contribution in [2.24, 2.45) is 5.73 Å². The summed E-state index contributed by atoms with van der Waals surface area (Å²) in [6.45, 7) is 14.1. The molecule has 10 heteroatoms. The zero-order chi connectivity index (χ0) is 41.8. The molecule has 2 aromatic heterocycles. The van der Waals surface area contributed by atoms with Crippen molar-refractivity contribution in [2.45, 2.75) is 109 Å². The van der Waals surface area contributed by atoms with Crippen LogP contribution in [0.5, 0.6) is 0 Å². The number of hydrogen-bond acceptors (Lipinski definition) is 9. The zero-order valence-electron chi connectivity index (χ0n) is 35.3. The molecule has 8 rings (SSSR count). The summed E-state index contributed by atoms with van der Waals surface area (Å²) in [5.74, 6) is 0. The summed E-state index contributed by atoms with van der Waals surface area (Å²) in [5.41, 5.74) is 15.1. The van der Waals surface area contributed by atoms with E-state index >= 15 is 0 Å². The van der Waals surface area contributed by atoms with Crippen molar-refractivity contribution < 1.29 is 14.3 Å². The Kier molecular flexibility index (Phi) is 15.1. The molecule has 310 valence electrons. The van der Waals surface area contributed by atoms with Crippen LogP contribution in [0.1, 0.15) is 91.5 Å². The fourth-order valence-corrected chi connectivity index (χ4v) is 7.90. The number of aromatic nitrogens is 2. The monoisotopic (exact) mass is 795 g/mol. The average molecular weight is 796 g/mol. The minimum absolute atomic E-state index is 0.0474. The van der Waals surface area contributed by atoms with E-state index in [-0.39, 0.29) is 12.1 Å². The number of nitrogens with zero attached hydrogens (tertiary/aromatic N) is 4. The van der Waals surface area contributed by atoms with Gasteiger partial charge in [-0.1, -0.05) is 84.9 Å². The Morgan fingerprint density at radius 1 is 0.729 bits per heavy atom. The third kappa shape index (κ3) is 12.4. The van der Waals surface area contributed by atoms with Crippen LogP contribution in [0.15, 0.2) is 122 Å². The Morgan fingerprint density at radius 2 is 1.19 bits per heavy atom. The van der Waals surface area contributed by atoms with Crippen molar-refractivity contribution in [1.82, 2.24) is 30.4 Å². The highest BCUT2D eigenvalue weighted by molar-refractivity contribution is 5.75. The molecule has 59 heavy (non-hydrogen) atoms. The third-order valence-corrected chi connectivity index (χ3v) is 11.1. The summed E-state index contributed by atoms with van der Waals surface area (Å²) in [5, 5.41) is 7.57. The standard InChI is InChI=1S/C27H32N4.C15H19NO3.C7H10N2/c1-20(27-12-6-7-13-28-27)31(18-25-14-21-8-2-4-10-23(21)16-29-25)19-26-15-22-9-3-5-11-24(22)17-30-26;1-15(2,3)19-14(18)16-9-12-7-5-4-6-11(12)8-13(16)10-17;1-6(8)7-4-2-3-5-9-7/h2-13,20,25-26,29-30H,14-19H2,1H3;4-7,10,13H,8-9H2,1-3H3;2-6H,8H2,1H3/t20-,25+,26+;13-;6-/m010/s1. The van der Waals surface area contributed by atoms with Crippen LogP contribution in [-0.4, -0.2) is 69.0 Å². The molecule has 0 unspecified atom stereocenters. The first-order chi connectivity index (χ1) is 28.5. The zero-order valence-corrected chi connectivity index (χ0v) is 35.3. The topological polar surface area (TPSA) is 126 Å². The Balaban J connectivity index is 0.000000176. The number of nitrogens with one attached hydrogen (secondary N) is 2. The van der Waals surface area contributed by atoms with Crippen LogP contribution in [0.25, 0.3) is 0 Å². The Hall–Kier alpha value is -5.26. The number of fused-ring (bicyclic) bond motifs is 3. The van der Waals surface area contributed by atoms with Gasteiger partial charge in [0, 0.05) is 69.2 Å². The number of rotatable bonds is 8. The number of ether oxygens (including phenoxy) is 1. The van der Waals surface area contributed by atoms with Crippen molar-refractivity contribution in [2.75, 3.05) is 13.1 Å². The lowest BCUT2D eigenvalue weighted by atomic mass is 9.93. The van der Waals surface area contributed by atoms with Crippen LogP contribution < -0.4 is 16.4 Å². The summed E-state index contributed by atoms with van der Waals surface area (Å²) in [6, 6.07) is 38.3. The van der Waals surface area contributed by atoms with Crippen molar-refractivity contribution in [3.8, 4) is 0 Å². The van der Waals surface area contributed by atoms with Gasteiger partial charge in [0.2, 0.25) is 0 Å². The van der Waals surface area contributed by atoms with E-state index in [1.54, 1.807) is 6.20 Å². The highest BCUT2D eigenvalue weighted by atomic mass is 16.6. The molecule has 0 spiro atoms. The molecule has 5 heterocycles. The van der Waals surface area contributed by atoms with Crippen molar-refractivity contribution in [3.63, 3.8) is 0 Å². The van der Waals surface area contributed by atoms with Gasteiger partial charge in [0.05, 0.1) is 24.0 Å². The number of carbonyl (C=O) groups is 2. The lowest BCUT2D eigenvalue weighted by molar-refractivity contribution is -0.113. The lowest BCUT2D eigenvalue weighted by Crippen LogP contribution is -2.50. The van der Waals surface area contributed by atoms with Gasteiger partial charge in [-0.3, -0.25) is 19.8 Å². The SMILES string of the molecule is CC(C)(C)OC(=O)N1Cc2ccccc2C[C@@H]1C=O.C[C@@H](c1ccccn1)N(C[C@H]1Cc2ccccc2CN1)C[C@H]1Cc2ccccc2CN1.C[C@H](N)c1ccccn1. The van der Waals surface area contributed by atoms with E-state index in [9.17, 15) is 9.59 Å². The predicted molar refractivity (Wildman–Crippen MR) is 234 cm³/mol. The number of amides is 1. The molecule has 0 bridgehead atoms. The van der Waals surface area contributed by atoms with E-state index in [2.05, 4.69) is 93.1 Å². The summed E-state index contributed by atoms with van der Waals surface area (Å²) in [6.07, 6.45) is 6.77. The Labute approximate surface area is 350 Å². The van der Waals surface area contributed by atoms with Crippen LogP contribution in [0.2, 0.25) is 0 Å². The number of carbonyl (C=O) groups excluding carboxylic acids is 2. The fraction of sp³-hybridized carbons (Fsp3) is 0.388. The van der Waals surface area contributed by atoms with Crippen molar-refractivity contribution in [3.05, 3.63) is 166 Å². The van der Waals surface area contributed by atoms with Gasteiger partial charge in [-0.25, -0.2) is 4.79 Å². The number of benzene rings is 3. The summed E-state index contributed by atoms with van der Waals surface area (Å²) < 4.78 is 5.35. The van der Waals surface area contributed by atoms with E-state index in [1.807, 2.05) is 82.4 Å². The molecule has 0 aliphatic carbocycles. The molecule has 0 fully saturated rings. The van der Waals surface area contributed by atoms with Crippen LogP contribution >= 0.6 is 0 Å². The first-order valence-corrected chi connectivity index (χ1v) is 20.9. The van der Waals surface area contributed by atoms with Crippen molar-refractivity contribution in [1.29, 1.82) is 0 Å². The maximum atomic E-state index is 12.1. The summed E-state index contributed by atoms with van der Waals surface area (Å²) >= 11 is 0. The maximum absolute atomic E-state index is 12.1. The molecule has 5 atom stereocenters. The average Bonchev–Trinajstić information content (AvgIpc) is 3.25. The van der Waals surface area contributed by atoms with Crippen LogP contribution in [0.4, 0.5) is 4.79 Å². The second kappa shape index (κ2) is 20.6.